The van der Waals surface area contributed by atoms with Gasteiger partial charge in [0, 0.05) is 6.04 Å². The highest BCUT2D eigenvalue weighted by molar-refractivity contribution is 8.24. The molecule has 0 aromatic rings. The Kier molecular flexibility index (Phi) is 5.09. The maximum absolute atomic E-state index is 12.4. The number of amides is 2. The maximum Gasteiger partial charge on any atom is 0.293 e. The summed E-state index contributed by atoms with van der Waals surface area (Å²) in [6.07, 6.45) is 9.31. The number of hydrogen-bond donors (Lipinski definition) is 0. The van der Waals surface area contributed by atoms with Gasteiger partial charge in [0.1, 0.15) is 4.91 Å². The van der Waals surface area contributed by atoms with Crippen molar-refractivity contribution < 1.29 is 9.59 Å². The Morgan fingerprint density at radius 2 is 1.78 bits per heavy atom. The van der Waals surface area contributed by atoms with E-state index in [1.54, 1.807) is 23.5 Å². The zero-order valence-corrected chi connectivity index (χ0v) is 13.1. The molecule has 2 rings (SSSR count). The third-order valence-electron chi connectivity index (χ3n) is 3.30. The molecule has 6 heteroatoms. The summed E-state index contributed by atoms with van der Waals surface area (Å²) < 4.78 is 0.955. The van der Waals surface area contributed by atoms with Gasteiger partial charge in [-0.3, -0.25) is 14.5 Å². The lowest BCUT2D eigenvalue weighted by Gasteiger charge is -2.28. The smallest absolute Gasteiger partial charge is 0.268 e. The fourth-order valence-corrected chi connectivity index (χ4v) is 5.16. The number of hydrogen-bond acceptors (Lipinski definition) is 5. The van der Waals surface area contributed by atoms with Crippen LogP contribution in [0.3, 0.4) is 0 Å². The summed E-state index contributed by atoms with van der Waals surface area (Å²) in [4.78, 5) is 26.6. The van der Waals surface area contributed by atoms with E-state index in [1.165, 1.54) is 11.3 Å². The van der Waals surface area contributed by atoms with Gasteiger partial charge >= 0.3 is 0 Å². The number of imide groups is 1. The van der Waals surface area contributed by atoms with Gasteiger partial charge in [-0.2, -0.15) is 0 Å². The summed E-state index contributed by atoms with van der Waals surface area (Å²) in [5.74, 6) is -0.0735. The van der Waals surface area contributed by atoms with Crippen molar-refractivity contribution in [2.24, 2.45) is 0 Å². The van der Waals surface area contributed by atoms with Gasteiger partial charge in [0.05, 0.1) is 4.24 Å². The first kappa shape index (κ1) is 14.3. The van der Waals surface area contributed by atoms with E-state index < -0.39 is 0 Å². The van der Waals surface area contributed by atoms with Crippen molar-refractivity contribution in [3.63, 3.8) is 0 Å². The lowest BCUT2D eigenvalue weighted by Crippen LogP contribution is -2.39. The summed E-state index contributed by atoms with van der Waals surface area (Å²) in [5, 5.41) is -0.0810. The molecule has 1 heterocycles. The van der Waals surface area contributed by atoms with Crippen LogP contribution in [0.15, 0.2) is 9.14 Å². The lowest BCUT2D eigenvalue weighted by atomic mass is 9.94. The van der Waals surface area contributed by atoms with Crippen molar-refractivity contribution in [2.75, 3.05) is 12.5 Å². The van der Waals surface area contributed by atoms with Crippen molar-refractivity contribution in [1.29, 1.82) is 0 Å². The molecule has 1 aliphatic heterocycles. The number of nitrogens with zero attached hydrogens (tertiary/aromatic N) is 1. The topological polar surface area (TPSA) is 37.4 Å². The molecule has 0 radical (unpaired) electrons. The van der Waals surface area contributed by atoms with Crippen LogP contribution in [0.2, 0.25) is 0 Å². The van der Waals surface area contributed by atoms with Crippen LogP contribution in [0.25, 0.3) is 0 Å². The summed E-state index contributed by atoms with van der Waals surface area (Å²) in [6, 6.07) is 0.133. The molecular formula is C12H17NO2S3. The van der Waals surface area contributed by atoms with E-state index in [1.807, 2.05) is 12.5 Å². The molecule has 100 valence electrons. The van der Waals surface area contributed by atoms with E-state index in [9.17, 15) is 9.59 Å². The average molecular weight is 303 g/mol. The minimum Gasteiger partial charge on any atom is -0.268 e. The van der Waals surface area contributed by atoms with Crippen LogP contribution in [0, 0.1) is 0 Å². The fraction of sp³-hybridized carbons (Fsp3) is 0.667. The second-order valence-electron chi connectivity index (χ2n) is 4.36. The van der Waals surface area contributed by atoms with Gasteiger partial charge in [-0.05, 0) is 37.1 Å². The third kappa shape index (κ3) is 2.75. The van der Waals surface area contributed by atoms with Crippen molar-refractivity contribution >= 4 is 46.4 Å². The number of rotatable bonds is 3. The van der Waals surface area contributed by atoms with Crippen LogP contribution >= 0.6 is 35.3 Å². The summed E-state index contributed by atoms with van der Waals surface area (Å²) in [7, 11) is 0. The van der Waals surface area contributed by atoms with Gasteiger partial charge in [0.25, 0.3) is 11.1 Å². The Morgan fingerprint density at radius 3 is 2.33 bits per heavy atom. The van der Waals surface area contributed by atoms with Gasteiger partial charge in [0.2, 0.25) is 0 Å². The first-order valence-corrected chi connectivity index (χ1v) is 9.33. The summed E-state index contributed by atoms with van der Waals surface area (Å²) in [6.45, 7) is 0. The Labute approximate surface area is 121 Å². The van der Waals surface area contributed by atoms with Crippen LogP contribution in [0.1, 0.15) is 32.1 Å². The molecule has 3 nitrogen and oxygen atoms in total. The fourth-order valence-electron chi connectivity index (χ4n) is 2.42. The van der Waals surface area contributed by atoms with Crippen LogP contribution in [0.5, 0.6) is 0 Å². The standard InChI is InChI=1S/C12H17NO2S3/c1-16-11(17-2)9-10(14)13(12(15)18-9)8-6-4-3-5-7-8/h8H,3-7H2,1-2H3. The molecule has 0 bridgehead atoms. The van der Waals surface area contributed by atoms with Crippen LogP contribution in [-0.4, -0.2) is 34.6 Å². The second-order valence-corrected chi connectivity index (χ2v) is 7.21. The van der Waals surface area contributed by atoms with E-state index >= 15 is 0 Å². The predicted molar refractivity (Wildman–Crippen MR) is 80.8 cm³/mol. The predicted octanol–water partition coefficient (Wildman–Crippen LogP) is 3.91. The zero-order chi connectivity index (χ0) is 13.1. The third-order valence-corrected chi connectivity index (χ3v) is 6.66. The molecule has 2 fully saturated rings. The van der Waals surface area contributed by atoms with Gasteiger partial charge < -0.3 is 0 Å². The first-order chi connectivity index (χ1) is 8.69. The van der Waals surface area contributed by atoms with Crippen LogP contribution in [-0.2, 0) is 4.79 Å². The van der Waals surface area contributed by atoms with E-state index in [-0.39, 0.29) is 17.2 Å². The molecule has 1 saturated heterocycles. The second kappa shape index (κ2) is 6.39. The molecule has 18 heavy (non-hydrogen) atoms. The van der Waals surface area contributed by atoms with Crippen LogP contribution in [0.4, 0.5) is 4.79 Å². The Morgan fingerprint density at radius 1 is 1.17 bits per heavy atom. The normalized spacial score (nSPS) is 21.9. The van der Waals surface area contributed by atoms with Crippen molar-refractivity contribution in [3.8, 4) is 0 Å². The molecule has 1 aliphatic carbocycles. The van der Waals surface area contributed by atoms with E-state index in [2.05, 4.69) is 0 Å². The highest BCUT2D eigenvalue weighted by atomic mass is 32.2. The Hall–Kier alpha value is -0.0700. The van der Waals surface area contributed by atoms with E-state index in [0.29, 0.717) is 4.91 Å². The minimum atomic E-state index is -0.0810. The van der Waals surface area contributed by atoms with Crippen molar-refractivity contribution in [1.82, 2.24) is 4.90 Å². The van der Waals surface area contributed by atoms with Gasteiger partial charge in [-0.15, -0.1) is 23.5 Å². The van der Waals surface area contributed by atoms with Crippen molar-refractivity contribution in [3.05, 3.63) is 9.14 Å². The SMILES string of the molecule is CSC(SC)=C1SC(=O)N(C2CCCCC2)C1=O. The first-order valence-electron chi connectivity index (χ1n) is 6.06. The lowest BCUT2D eigenvalue weighted by molar-refractivity contribution is -0.124. The molecule has 0 unspecified atom stereocenters. The monoisotopic (exact) mass is 303 g/mol. The van der Waals surface area contributed by atoms with Crippen LogP contribution < -0.4 is 0 Å². The quantitative estimate of drug-likeness (QED) is 0.739. The average Bonchev–Trinajstić information content (AvgIpc) is 2.68. The highest BCUT2D eigenvalue weighted by Crippen LogP contribution is 2.42. The minimum absolute atomic E-state index is 0.0735. The van der Waals surface area contributed by atoms with E-state index in [4.69, 9.17) is 0 Å². The zero-order valence-electron chi connectivity index (χ0n) is 10.6. The molecular weight excluding hydrogens is 286 g/mol. The van der Waals surface area contributed by atoms with Gasteiger partial charge in [-0.1, -0.05) is 19.3 Å². The Bertz CT molecular complexity index is 383. The van der Waals surface area contributed by atoms with Gasteiger partial charge in [0.15, 0.2) is 0 Å². The molecule has 0 aromatic carbocycles. The number of carbonyl (C=O) groups excluding carboxylic acids is 2. The largest absolute Gasteiger partial charge is 0.293 e. The Balaban J connectivity index is 2.21. The molecule has 0 atom stereocenters. The molecule has 0 aromatic heterocycles. The number of carbonyl (C=O) groups is 2. The number of thioether (sulfide) groups is 3. The van der Waals surface area contributed by atoms with E-state index in [0.717, 1.165) is 41.7 Å². The summed E-state index contributed by atoms with van der Waals surface area (Å²) >= 11 is 4.20. The molecule has 0 N–H and O–H groups in total. The maximum atomic E-state index is 12.4. The summed E-state index contributed by atoms with van der Waals surface area (Å²) in [5.41, 5.74) is 0. The van der Waals surface area contributed by atoms with Gasteiger partial charge in [-0.25, -0.2) is 0 Å². The van der Waals surface area contributed by atoms with Crippen molar-refractivity contribution in [2.45, 2.75) is 38.1 Å². The molecule has 2 aliphatic rings. The molecule has 1 saturated carbocycles. The molecule has 0 spiro atoms. The molecule has 2 amide bonds. The highest BCUT2D eigenvalue weighted by Gasteiger charge is 2.41.